The third-order valence-corrected chi connectivity index (χ3v) is 3.17. The molecule has 2 nitrogen and oxygen atoms in total. The minimum atomic E-state index is 0.689. The molecule has 2 aliphatic rings. The highest BCUT2D eigenvalue weighted by molar-refractivity contribution is 6.30. The zero-order valence-corrected chi connectivity index (χ0v) is 9.76. The zero-order valence-electron chi connectivity index (χ0n) is 9.00. The molecular formula is C13H14ClNO. The maximum absolute atomic E-state index is 5.96. The van der Waals surface area contributed by atoms with Crippen molar-refractivity contribution in [2.75, 3.05) is 13.2 Å². The average molecular weight is 236 g/mol. The van der Waals surface area contributed by atoms with Gasteiger partial charge in [-0.15, -0.1) is 0 Å². The van der Waals surface area contributed by atoms with Crippen LogP contribution in [-0.4, -0.2) is 19.2 Å². The summed E-state index contributed by atoms with van der Waals surface area (Å²) in [6.07, 6.45) is 4.81. The summed E-state index contributed by atoms with van der Waals surface area (Å²) in [7, 11) is 0. The summed E-state index contributed by atoms with van der Waals surface area (Å²) in [6.45, 7) is 1.62. The molecule has 1 aromatic carbocycles. The molecule has 3 heteroatoms. The highest BCUT2D eigenvalue weighted by Crippen LogP contribution is 2.29. The standard InChI is InChI=1S/C13H14ClNO/c14-11-1-4-13-10(6-11)5-9(8-16-13)7-15-12-2-3-12/h1,4-6,12,15H,2-3,7-8H2. The van der Waals surface area contributed by atoms with Crippen molar-refractivity contribution >= 4 is 17.7 Å². The molecule has 16 heavy (non-hydrogen) atoms. The molecular weight excluding hydrogens is 222 g/mol. The van der Waals surface area contributed by atoms with Gasteiger partial charge in [0, 0.05) is 23.2 Å². The van der Waals surface area contributed by atoms with Crippen molar-refractivity contribution in [3.8, 4) is 5.75 Å². The van der Waals surface area contributed by atoms with Crippen molar-refractivity contribution in [1.29, 1.82) is 0 Å². The normalized spacial score (nSPS) is 18.7. The number of nitrogens with one attached hydrogen (secondary N) is 1. The Hall–Kier alpha value is -0.990. The van der Waals surface area contributed by atoms with Crippen LogP contribution in [0.5, 0.6) is 5.75 Å². The van der Waals surface area contributed by atoms with Gasteiger partial charge in [-0.1, -0.05) is 11.6 Å². The van der Waals surface area contributed by atoms with Crippen molar-refractivity contribution in [2.45, 2.75) is 18.9 Å². The van der Waals surface area contributed by atoms with E-state index in [4.69, 9.17) is 16.3 Å². The lowest BCUT2D eigenvalue weighted by Crippen LogP contribution is -2.23. The summed E-state index contributed by atoms with van der Waals surface area (Å²) in [5.41, 5.74) is 2.38. The fourth-order valence-electron chi connectivity index (χ4n) is 1.86. The van der Waals surface area contributed by atoms with E-state index in [0.29, 0.717) is 6.61 Å². The Morgan fingerprint density at radius 2 is 2.25 bits per heavy atom. The van der Waals surface area contributed by atoms with Gasteiger partial charge in [0.25, 0.3) is 0 Å². The predicted octanol–water partition coefficient (Wildman–Crippen LogP) is 2.87. The maximum Gasteiger partial charge on any atom is 0.127 e. The Morgan fingerprint density at radius 1 is 1.38 bits per heavy atom. The van der Waals surface area contributed by atoms with Gasteiger partial charge in [-0.25, -0.2) is 0 Å². The SMILES string of the molecule is Clc1ccc2c(c1)C=C(CNC1CC1)CO2. The van der Waals surface area contributed by atoms with Crippen LogP contribution in [-0.2, 0) is 0 Å². The van der Waals surface area contributed by atoms with E-state index in [1.165, 1.54) is 18.4 Å². The Balaban J connectivity index is 1.76. The van der Waals surface area contributed by atoms with Gasteiger partial charge >= 0.3 is 0 Å². The Labute approximate surface area is 100 Å². The topological polar surface area (TPSA) is 21.3 Å². The second kappa shape index (κ2) is 4.11. The number of hydrogen-bond donors (Lipinski definition) is 1. The second-order valence-corrected chi connectivity index (χ2v) is 4.87. The third kappa shape index (κ3) is 2.23. The molecule has 1 N–H and O–H groups in total. The van der Waals surface area contributed by atoms with E-state index in [-0.39, 0.29) is 0 Å². The molecule has 1 fully saturated rings. The van der Waals surface area contributed by atoms with Crippen LogP contribution in [0.1, 0.15) is 18.4 Å². The lowest BCUT2D eigenvalue weighted by atomic mass is 10.1. The Morgan fingerprint density at radius 3 is 3.06 bits per heavy atom. The maximum atomic E-state index is 5.96. The smallest absolute Gasteiger partial charge is 0.127 e. The van der Waals surface area contributed by atoms with Crippen LogP contribution in [0, 0.1) is 0 Å². The highest BCUT2D eigenvalue weighted by Gasteiger charge is 2.21. The number of rotatable bonds is 3. The van der Waals surface area contributed by atoms with Crippen LogP contribution >= 0.6 is 11.6 Å². The van der Waals surface area contributed by atoms with Gasteiger partial charge in [-0.3, -0.25) is 0 Å². The fourth-order valence-corrected chi connectivity index (χ4v) is 2.04. The van der Waals surface area contributed by atoms with E-state index >= 15 is 0 Å². The predicted molar refractivity (Wildman–Crippen MR) is 65.9 cm³/mol. The molecule has 0 radical (unpaired) electrons. The molecule has 1 saturated carbocycles. The number of hydrogen-bond acceptors (Lipinski definition) is 2. The largest absolute Gasteiger partial charge is 0.489 e. The van der Waals surface area contributed by atoms with Crippen LogP contribution in [0.25, 0.3) is 6.08 Å². The first-order valence-corrected chi connectivity index (χ1v) is 6.04. The molecule has 3 rings (SSSR count). The van der Waals surface area contributed by atoms with E-state index in [1.54, 1.807) is 0 Å². The van der Waals surface area contributed by atoms with Gasteiger partial charge < -0.3 is 10.1 Å². The molecule has 0 spiro atoms. The molecule has 1 aliphatic heterocycles. The first-order valence-electron chi connectivity index (χ1n) is 5.66. The van der Waals surface area contributed by atoms with Crippen molar-refractivity contribution in [3.05, 3.63) is 34.4 Å². The van der Waals surface area contributed by atoms with Gasteiger partial charge in [0.15, 0.2) is 0 Å². The van der Waals surface area contributed by atoms with Crippen LogP contribution in [0.4, 0.5) is 0 Å². The fraction of sp³-hybridized carbons (Fsp3) is 0.385. The van der Waals surface area contributed by atoms with E-state index in [2.05, 4.69) is 11.4 Å². The summed E-state index contributed by atoms with van der Waals surface area (Å²) in [6, 6.07) is 6.48. The molecule has 84 valence electrons. The van der Waals surface area contributed by atoms with Gasteiger partial charge in [0.1, 0.15) is 12.4 Å². The minimum absolute atomic E-state index is 0.689. The molecule has 0 saturated heterocycles. The minimum Gasteiger partial charge on any atom is -0.489 e. The van der Waals surface area contributed by atoms with Crippen LogP contribution in [0.2, 0.25) is 5.02 Å². The van der Waals surface area contributed by atoms with E-state index in [1.807, 2.05) is 18.2 Å². The van der Waals surface area contributed by atoms with Crippen molar-refractivity contribution in [3.63, 3.8) is 0 Å². The van der Waals surface area contributed by atoms with E-state index in [9.17, 15) is 0 Å². The van der Waals surface area contributed by atoms with E-state index < -0.39 is 0 Å². The Bertz CT molecular complexity index is 438. The molecule has 0 amide bonds. The van der Waals surface area contributed by atoms with Crippen LogP contribution < -0.4 is 10.1 Å². The van der Waals surface area contributed by atoms with Crippen molar-refractivity contribution < 1.29 is 4.74 Å². The molecule has 0 unspecified atom stereocenters. The number of fused-ring (bicyclic) bond motifs is 1. The van der Waals surface area contributed by atoms with Crippen molar-refractivity contribution in [2.24, 2.45) is 0 Å². The van der Waals surface area contributed by atoms with Crippen LogP contribution in [0.3, 0.4) is 0 Å². The first kappa shape index (κ1) is 10.2. The summed E-state index contributed by atoms with van der Waals surface area (Å²) < 4.78 is 5.68. The molecule has 0 aromatic heterocycles. The van der Waals surface area contributed by atoms with Gasteiger partial charge in [-0.05, 0) is 42.7 Å². The third-order valence-electron chi connectivity index (χ3n) is 2.94. The Kier molecular flexibility index (Phi) is 2.62. The molecule has 1 aliphatic carbocycles. The van der Waals surface area contributed by atoms with Gasteiger partial charge in [-0.2, -0.15) is 0 Å². The average Bonchev–Trinajstić information content (AvgIpc) is 3.09. The van der Waals surface area contributed by atoms with Gasteiger partial charge in [0.05, 0.1) is 0 Å². The molecule has 1 heterocycles. The number of benzene rings is 1. The van der Waals surface area contributed by atoms with E-state index in [0.717, 1.165) is 28.9 Å². The quantitative estimate of drug-likeness (QED) is 0.870. The van der Waals surface area contributed by atoms with Gasteiger partial charge in [0.2, 0.25) is 0 Å². The van der Waals surface area contributed by atoms with Crippen molar-refractivity contribution in [1.82, 2.24) is 5.32 Å². The second-order valence-electron chi connectivity index (χ2n) is 4.43. The highest BCUT2D eigenvalue weighted by atomic mass is 35.5. The first-order chi connectivity index (χ1) is 7.81. The molecule has 0 bridgehead atoms. The lowest BCUT2D eigenvalue weighted by Gasteiger charge is -2.18. The number of halogens is 1. The summed E-state index contributed by atoms with van der Waals surface area (Å²) in [5, 5.41) is 4.25. The number of ether oxygens (including phenoxy) is 1. The summed E-state index contributed by atoms with van der Waals surface area (Å²) in [5.74, 6) is 0.930. The summed E-state index contributed by atoms with van der Waals surface area (Å²) >= 11 is 5.96. The molecule has 1 aromatic rings. The monoisotopic (exact) mass is 235 g/mol. The van der Waals surface area contributed by atoms with Crippen LogP contribution in [0.15, 0.2) is 23.8 Å². The molecule has 0 atom stereocenters. The summed E-state index contributed by atoms with van der Waals surface area (Å²) in [4.78, 5) is 0. The zero-order chi connectivity index (χ0) is 11.0. The lowest BCUT2D eigenvalue weighted by molar-refractivity contribution is 0.343.